The first kappa shape index (κ1) is 15.1. The molecule has 22 heavy (non-hydrogen) atoms. The molecule has 1 aliphatic heterocycles. The maximum atomic E-state index is 12.3. The molecule has 3 rings (SSSR count). The SMILES string of the molecule is O=C(CN1CCN(c2ccccc2)CC1)c1ccc(Cl)cc1. The fourth-order valence-electron chi connectivity index (χ4n) is 2.73. The summed E-state index contributed by atoms with van der Waals surface area (Å²) in [6, 6.07) is 17.5. The van der Waals surface area contributed by atoms with Gasteiger partial charge in [-0.2, -0.15) is 0 Å². The van der Waals surface area contributed by atoms with E-state index in [2.05, 4.69) is 34.1 Å². The van der Waals surface area contributed by atoms with Gasteiger partial charge in [0.05, 0.1) is 6.54 Å². The summed E-state index contributed by atoms with van der Waals surface area (Å²) in [6.07, 6.45) is 0. The van der Waals surface area contributed by atoms with Gasteiger partial charge in [0.1, 0.15) is 0 Å². The minimum atomic E-state index is 0.157. The van der Waals surface area contributed by atoms with Crippen LogP contribution in [0.5, 0.6) is 0 Å². The molecule has 1 fully saturated rings. The molecule has 0 aromatic heterocycles. The third-order valence-electron chi connectivity index (χ3n) is 4.03. The number of Topliss-reactive ketones (excluding diaryl/α,β-unsaturated/α-hetero) is 1. The number of hydrogen-bond donors (Lipinski definition) is 0. The summed E-state index contributed by atoms with van der Waals surface area (Å²) in [5.41, 5.74) is 1.99. The molecule has 3 nitrogen and oxygen atoms in total. The number of piperazine rings is 1. The lowest BCUT2D eigenvalue weighted by Gasteiger charge is -2.35. The van der Waals surface area contributed by atoms with E-state index in [0.717, 1.165) is 31.7 Å². The average Bonchev–Trinajstić information content (AvgIpc) is 2.57. The number of carbonyl (C=O) groups is 1. The van der Waals surface area contributed by atoms with Gasteiger partial charge in [-0.1, -0.05) is 29.8 Å². The summed E-state index contributed by atoms with van der Waals surface area (Å²) in [6.45, 7) is 4.21. The van der Waals surface area contributed by atoms with E-state index in [1.54, 1.807) is 24.3 Å². The van der Waals surface area contributed by atoms with Crippen LogP contribution in [0.2, 0.25) is 5.02 Å². The van der Waals surface area contributed by atoms with E-state index in [-0.39, 0.29) is 5.78 Å². The molecule has 1 heterocycles. The summed E-state index contributed by atoms with van der Waals surface area (Å²) in [5, 5.41) is 0.660. The van der Waals surface area contributed by atoms with E-state index in [1.165, 1.54) is 5.69 Å². The van der Waals surface area contributed by atoms with Crippen molar-refractivity contribution in [3.05, 3.63) is 65.2 Å². The Labute approximate surface area is 136 Å². The van der Waals surface area contributed by atoms with E-state index in [0.29, 0.717) is 11.6 Å². The number of halogens is 1. The van der Waals surface area contributed by atoms with Crippen LogP contribution >= 0.6 is 11.6 Å². The van der Waals surface area contributed by atoms with Gasteiger partial charge in [0.15, 0.2) is 5.78 Å². The van der Waals surface area contributed by atoms with Crippen LogP contribution < -0.4 is 4.90 Å². The highest BCUT2D eigenvalue weighted by Gasteiger charge is 2.19. The summed E-state index contributed by atoms with van der Waals surface area (Å²) in [4.78, 5) is 16.9. The lowest BCUT2D eigenvalue weighted by molar-refractivity contribution is 0.0926. The van der Waals surface area contributed by atoms with Crippen molar-refractivity contribution in [1.29, 1.82) is 0 Å². The molecule has 0 N–H and O–H groups in total. The molecule has 0 radical (unpaired) electrons. The van der Waals surface area contributed by atoms with E-state index >= 15 is 0 Å². The fraction of sp³-hybridized carbons (Fsp3) is 0.278. The first-order chi connectivity index (χ1) is 10.7. The molecule has 0 aliphatic carbocycles. The molecular weight excluding hydrogens is 296 g/mol. The second kappa shape index (κ2) is 6.95. The molecule has 114 valence electrons. The molecule has 4 heteroatoms. The van der Waals surface area contributed by atoms with Gasteiger partial charge in [0.2, 0.25) is 0 Å². The number of carbonyl (C=O) groups excluding carboxylic acids is 1. The lowest BCUT2D eigenvalue weighted by Crippen LogP contribution is -2.48. The summed E-state index contributed by atoms with van der Waals surface area (Å²) >= 11 is 5.86. The Kier molecular flexibility index (Phi) is 4.76. The van der Waals surface area contributed by atoms with Crippen LogP contribution in [-0.2, 0) is 0 Å². The van der Waals surface area contributed by atoms with E-state index < -0.39 is 0 Å². The van der Waals surface area contributed by atoms with Crippen molar-refractivity contribution in [2.45, 2.75) is 0 Å². The van der Waals surface area contributed by atoms with Gasteiger partial charge in [-0.15, -0.1) is 0 Å². The summed E-state index contributed by atoms with van der Waals surface area (Å²) in [7, 11) is 0. The number of nitrogens with zero attached hydrogens (tertiary/aromatic N) is 2. The quantitative estimate of drug-likeness (QED) is 0.809. The van der Waals surface area contributed by atoms with Crippen molar-refractivity contribution in [2.75, 3.05) is 37.6 Å². The summed E-state index contributed by atoms with van der Waals surface area (Å²) in [5.74, 6) is 0.157. The molecule has 0 unspecified atom stereocenters. The first-order valence-corrected chi connectivity index (χ1v) is 7.91. The van der Waals surface area contributed by atoms with Crippen LogP contribution in [0, 0.1) is 0 Å². The van der Waals surface area contributed by atoms with Gasteiger partial charge in [-0.3, -0.25) is 9.69 Å². The Morgan fingerprint density at radius 2 is 1.55 bits per heavy atom. The number of para-hydroxylation sites is 1. The van der Waals surface area contributed by atoms with Gasteiger partial charge >= 0.3 is 0 Å². The minimum absolute atomic E-state index is 0.157. The Bertz CT molecular complexity index is 619. The first-order valence-electron chi connectivity index (χ1n) is 7.53. The average molecular weight is 315 g/mol. The zero-order valence-electron chi connectivity index (χ0n) is 12.4. The molecule has 1 saturated heterocycles. The Balaban J connectivity index is 1.53. The molecule has 2 aromatic carbocycles. The van der Waals surface area contributed by atoms with E-state index in [9.17, 15) is 4.79 Å². The van der Waals surface area contributed by atoms with Gasteiger partial charge in [-0.05, 0) is 36.4 Å². The molecule has 0 atom stereocenters. The van der Waals surface area contributed by atoms with Crippen molar-refractivity contribution in [3.8, 4) is 0 Å². The molecule has 0 saturated carbocycles. The Morgan fingerprint density at radius 1 is 0.909 bits per heavy atom. The molecule has 2 aromatic rings. The van der Waals surface area contributed by atoms with Gasteiger partial charge < -0.3 is 4.90 Å². The molecular formula is C18H19ClN2O. The lowest BCUT2D eigenvalue weighted by atomic mass is 10.1. The van der Waals surface area contributed by atoms with Gasteiger partial charge in [0, 0.05) is 42.5 Å². The third-order valence-corrected chi connectivity index (χ3v) is 4.28. The highest BCUT2D eigenvalue weighted by Crippen LogP contribution is 2.16. The van der Waals surface area contributed by atoms with Gasteiger partial charge in [-0.25, -0.2) is 0 Å². The second-order valence-electron chi connectivity index (χ2n) is 5.53. The van der Waals surface area contributed by atoms with Crippen molar-refractivity contribution in [3.63, 3.8) is 0 Å². The zero-order chi connectivity index (χ0) is 15.4. The van der Waals surface area contributed by atoms with Crippen molar-refractivity contribution in [1.82, 2.24) is 4.90 Å². The van der Waals surface area contributed by atoms with Crippen LogP contribution in [0.3, 0.4) is 0 Å². The van der Waals surface area contributed by atoms with Crippen LogP contribution in [0.1, 0.15) is 10.4 Å². The number of ketones is 1. The standard InChI is InChI=1S/C18H19ClN2O/c19-16-8-6-15(7-9-16)18(22)14-20-10-12-21(13-11-20)17-4-2-1-3-5-17/h1-9H,10-14H2. The smallest absolute Gasteiger partial charge is 0.176 e. The van der Waals surface area contributed by atoms with Crippen LogP contribution in [-0.4, -0.2) is 43.4 Å². The monoisotopic (exact) mass is 314 g/mol. The van der Waals surface area contributed by atoms with Crippen LogP contribution in [0.25, 0.3) is 0 Å². The third kappa shape index (κ3) is 3.67. The number of anilines is 1. The Morgan fingerprint density at radius 3 is 2.18 bits per heavy atom. The van der Waals surface area contributed by atoms with Crippen molar-refractivity contribution in [2.24, 2.45) is 0 Å². The predicted octanol–water partition coefficient (Wildman–Crippen LogP) is 3.34. The number of rotatable bonds is 4. The zero-order valence-corrected chi connectivity index (χ0v) is 13.2. The molecule has 0 spiro atoms. The van der Waals surface area contributed by atoms with Crippen LogP contribution in [0.4, 0.5) is 5.69 Å². The number of benzene rings is 2. The molecule has 0 amide bonds. The predicted molar refractivity (Wildman–Crippen MR) is 90.9 cm³/mol. The van der Waals surface area contributed by atoms with Crippen molar-refractivity contribution < 1.29 is 4.79 Å². The fourth-order valence-corrected chi connectivity index (χ4v) is 2.86. The van der Waals surface area contributed by atoms with Gasteiger partial charge in [0.25, 0.3) is 0 Å². The Hall–Kier alpha value is -1.84. The van der Waals surface area contributed by atoms with Crippen molar-refractivity contribution >= 4 is 23.1 Å². The highest BCUT2D eigenvalue weighted by atomic mass is 35.5. The molecule has 1 aliphatic rings. The molecule has 0 bridgehead atoms. The van der Waals surface area contributed by atoms with Crippen LogP contribution in [0.15, 0.2) is 54.6 Å². The maximum absolute atomic E-state index is 12.3. The maximum Gasteiger partial charge on any atom is 0.176 e. The topological polar surface area (TPSA) is 23.6 Å². The van der Waals surface area contributed by atoms with E-state index in [1.807, 2.05) is 6.07 Å². The minimum Gasteiger partial charge on any atom is -0.369 e. The van der Waals surface area contributed by atoms with E-state index in [4.69, 9.17) is 11.6 Å². The summed E-state index contributed by atoms with van der Waals surface area (Å²) < 4.78 is 0. The largest absolute Gasteiger partial charge is 0.369 e. The second-order valence-corrected chi connectivity index (χ2v) is 5.97. The highest BCUT2D eigenvalue weighted by molar-refractivity contribution is 6.30. The number of hydrogen-bond acceptors (Lipinski definition) is 3. The normalized spacial score (nSPS) is 15.8.